The summed E-state index contributed by atoms with van der Waals surface area (Å²) in [6, 6.07) is 14.1. The lowest BCUT2D eigenvalue weighted by atomic mass is 10.1. The summed E-state index contributed by atoms with van der Waals surface area (Å²) in [6.45, 7) is 4.42. The fourth-order valence-electron chi connectivity index (χ4n) is 2.94. The maximum Gasteiger partial charge on any atom is 0.242 e. The summed E-state index contributed by atoms with van der Waals surface area (Å²) in [5, 5.41) is 3.77. The minimum atomic E-state index is -0.589. The van der Waals surface area contributed by atoms with Crippen molar-refractivity contribution in [3.05, 3.63) is 69.7 Å². The third-order valence-electron chi connectivity index (χ3n) is 4.33. The Morgan fingerprint density at radius 3 is 2.19 bits per heavy atom. The molecule has 0 saturated heterocycles. The molecule has 2 aromatic carbocycles. The molecule has 0 aliphatic rings. The molecule has 0 radical (unpaired) electrons. The number of likely N-dealkylation sites (N-methyl/N-ethyl adjacent to an activating group) is 1. The Balaban J connectivity index is 2.34. The fourth-order valence-corrected chi connectivity index (χ4v) is 3.45. The van der Waals surface area contributed by atoms with Crippen molar-refractivity contribution in [3.8, 4) is 0 Å². The van der Waals surface area contributed by atoms with Crippen molar-refractivity contribution in [2.75, 3.05) is 6.54 Å². The van der Waals surface area contributed by atoms with E-state index < -0.39 is 6.04 Å². The monoisotopic (exact) mass is 406 g/mol. The summed E-state index contributed by atoms with van der Waals surface area (Å²) in [4.78, 5) is 27.2. The smallest absolute Gasteiger partial charge is 0.242 e. The first-order chi connectivity index (χ1) is 13.0. The zero-order chi connectivity index (χ0) is 19.8. The Morgan fingerprint density at radius 1 is 1.00 bits per heavy atom. The molecule has 0 fully saturated rings. The molecular formula is C21H24Cl2N2O2. The molecule has 1 N–H and O–H groups in total. The number of carbonyl (C=O) groups excluding carboxylic acids is 2. The van der Waals surface area contributed by atoms with Gasteiger partial charge in [0.1, 0.15) is 6.04 Å². The molecule has 0 saturated carbocycles. The van der Waals surface area contributed by atoms with Crippen LogP contribution in [0.2, 0.25) is 10.0 Å². The highest BCUT2D eigenvalue weighted by atomic mass is 35.5. The predicted molar refractivity (Wildman–Crippen MR) is 110 cm³/mol. The van der Waals surface area contributed by atoms with Crippen LogP contribution in [0.4, 0.5) is 0 Å². The first-order valence-electron chi connectivity index (χ1n) is 9.01. The van der Waals surface area contributed by atoms with Crippen LogP contribution in [0.15, 0.2) is 48.5 Å². The summed E-state index contributed by atoms with van der Waals surface area (Å²) in [6.07, 6.45) is 0.702. The highest BCUT2D eigenvalue weighted by Crippen LogP contribution is 2.27. The number of nitrogens with one attached hydrogen (secondary N) is 1. The zero-order valence-corrected chi connectivity index (χ0v) is 17.1. The second-order valence-corrected chi connectivity index (χ2v) is 7.02. The van der Waals surface area contributed by atoms with E-state index in [1.165, 1.54) is 0 Å². The topological polar surface area (TPSA) is 49.4 Å². The van der Waals surface area contributed by atoms with Crippen LogP contribution >= 0.6 is 23.2 Å². The van der Waals surface area contributed by atoms with Crippen LogP contribution < -0.4 is 5.32 Å². The maximum atomic E-state index is 13.1. The highest BCUT2D eigenvalue weighted by Gasteiger charge is 2.29. The lowest BCUT2D eigenvalue weighted by Gasteiger charge is -2.31. The molecule has 0 spiro atoms. The lowest BCUT2D eigenvalue weighted by molar-refractivity contribution is -0.140. The molecule has 144 valence electrons. The first kappa shape index (κ1) is 21.3. The van der Waals surface area contributed by atoms with Gasteiger partial charge in [0.05, 0.1) is 6.42 Å². The molecule has 0 bridgehead atoms. The third-order valence-corrected chi connectivity index (χ3v) is 5.03. The average molecular weight is 407 g/mol. The van der Waals surface area contributed by atoms with E-state index in [4.69, 9.17) is 23.2 Å². The van der Waals surface area contributed by atoms with Gasteiger partial charge in [-0.25, -0.2) is 0 Å². The third kappa shape index (κ3) is 5.72. The number of nitrogens with zero attached hydrogens (tertiary/aromatic N) is 1. The van der Waals surface area contributed by atoms with Crippen LogP contribution in [0.25, 0.3) is 0 Å². The molecule has 0 aromatic heterocycles. The van der Waals surface area contributed by atoms with Gasteiger partial charge < -0.3 is 10.2 Å². The fraction of sp³-hybridized carbons (Fsp3) is 0.333. The highest BCUT2D eigenvalue weighted by molar-refractivity contribution is 6.36. The van der Waals surface area contributed by atoms with Crippen molar-refractivity contribution in [3.63, 3.8) is 0 Å². The van der Waals surface area contributed by atoms with E-state index in [0.29, 0.717) is 28.6 Å². The molecule has 1 atom stereocenters. The minimum Gasteiger partial charge on any atom is -0.355 e. The number of halogens is 2. The van der Waals surface area contributed by atoms with Crippen molar-refractivity contribution in [1.29, 1.82) is 0 Å². The van der Waals surface area contributed by atoms with Crippen molar-refractivity contribution in [1.82, 2.24) is 10.2 Å². The summed E-state index contributed by atoms with van der Waals surface area (Å²) in [5.41, 5.74) is 1.54. The van der Waals surface area contributed by atoms with Gasteiger partial charge in [-0.15, -0.1) is 0 Å². The summed E-state index contributed by atoms with van der Waals surface area (Å²) < 4.78 is 0. The van der Waals surface area contributed by atoms with E-state index in [2.05, 4.69) is 5.32 Å². The second-order valence-electron chi connectivity index (χ2n) is 6.20. The second kappa shape index (κ2) is 10.3. The molecule has 2 aromatic rings. The zero-order valence-electron chi connectivity index (χ0n) is 15.5. The normalized spacial score (nSPS) is 11.7. The largest absolute Gasteiger partial charge is 0.355 e. The summed E-state index contributed by atoms with van der Waals surface area (Å²) >= 11 is 12.6. The van der Waals surface area contributed by atoms with E-state index in [1.54, 1.807) is 23.1 Å². The Hall–Kier alpha value is -2.04. The lowest BCUT2D eigenvalue weighted by Crippen LogP contribution is -2.49. The van der Waals surface area contributed by atoms with Crippen LogP contribution in [0.3, 0.4) is 0 Å². The quantitative estimate of drug-likeness (QED) is 0.702. The molecule has 0 unspecified atom stereocenters. The number of hydrogen-bond donors (Lipinski definition) is 1. The standard InChI is InChI=1S/C21H24Cl2N2O2/c1-3-19(21(27)24-4-2)25(14-16-17(22)11-8-12-18(16)23)20(26)13-15-9-6-5-7-10-15/h5-12,19H,3-4,13-14H2,1-2H3,(H,24,27)/t19-/m1/s1. The SMILES string of the molecule is CCNC(=O)[C@@H](CC)N(Cc1c(Cl)cccc1Cl)C(=O)Cc1ccccc1. The summed E-state index contributed by atoms with van der Waals surface area (Å²) in [5.74, 6) is -0.320. The van der Waals surface area contributed by atoms with Crippen LogP contribution in [0.5, 0.6) is 0 Å². The van der Waals surface area contributed by atoms with Crippen molar-refractivity contribution in [2.24, 2.45) is 0 Å². The van der Waals surface area contributed by atoms with Gasteiger partial charge >= 0.3 is 0 Å². The molecule has 2 rings (SSSR count). The average Bonchev–Trinajstić information content (AvgIpc) is 2.65. The molecule has 4 nitrogen and oxygen atoms in total. The number of hydrogen-bond acceptors (Lipinski definition) is 2. The Labute approximate surface area is 170 Å². The van der Waals surface area contributed by atoms with E-state index in [-0.39, 0.29) is 24.8 Å². The molecular weight excluding hydrogens is 383 g/mol. The number of rotatable bonds is 8. The van der Waals surface area contributed by atoms with Crippen molar-refractivity contribution >= 4 is 35.0 Å². The van der Waals surface area contributed by atoms with Gasteiger partial charge in [-0.3, -0.25) is 9.59 Å². The molecule has 0 aliphatic heterocycles. The van der Waals surface area contributed by atoms with Crippen LogP contribution in [0, 0.1) is 0 Å². The molecule has 2 amide bonds. The van der Waals surface area contributed by atoms with Crippen LogP contribution in [-0.4, -0.2) is 29.3 Å². The van der Waals surface area contributed by atoms with Crippen LogP contribution in [0.1, 0.15) is 31.4 Å². The van der Waals surface area contributed by atoms with Gasteiger partial charge in [-0.05, 0) is 31.0 Å². The minimum absolute atomic E-state index is 0.143. The van der Waals surface area contributed by atoms with E-state index in [0.717, 1.165) is 5.56 Å². The Kier molecular flexibility index (Phi) is 8.14. The van der Waals surface area contributed by atoms with E-state index >= 15 is 0 Å². The summed E-state index contributed by atoms with van der Waals surface area (Å²) in [7, 11) is 0. The predicted octanol–water partition coefficient (Wildman–Crippen LogP) is 4.48. The first-order valence-corrected chi connectivity index (χ1v) is 9.77. The van der Waals surface area contributed by atoms with Gasteiger partial charge in [0.15, 0.2) is 0 Å². The molecule has 27 heavy (non-hydrogen) atoms. The van der Waals surface area contributed by atoms with Gasteiger partial charge in [-0.1, -0.05) is 66.5 Å². The number of amides is 2. The van der Waals surface area contributed by atoms with E-state index in [1.807, 2.05) is 44.2 Å². The van der Waals surface area contributed by atoms with Crippen LogP contribution in [-0.2, 0) is 22.6 Å². The molecule has 6 heteroatoms. The van der Waals surface area contributed by atoms with Crippen molar-refractivity contribution in [2.45, 2.75) is 39.3 Å². The van der Waals surface area contributed by atoms with Crippen molar-refractivity contribution < 1.29 is 9.59 Å². The number of benzene rings is 2. The molecule has 0 heterocycles. The molecule has 0 aliphatic carbocycles. The maximum absolute atomic E-state index is 13.1. The Morgan fingerprint density at radius 2 is 1.63 bits per heavy atom. The van der Waals surface area contributed by atoms with Gasteiger partial charge in [0.25, 0.3) is 0 Å². The van der Waals surface area contributed by atoms with E-state index in [9.17, 15) is 9.59 Å². The number of carbonyl (C=O) groups is 2. The van der Waals surface area contributed by atoms with Gasteiger partial charge in [0.2, 0.25) is 11.8 Å². The Bertz CT molecular complexity index is 761. The van der Waals surface area contributed by atoms with Gasteiger partial charge in [-0.2, -0.15) is 0 Å². The van der Waals surface area contributed by atoms with Gasteiger partial charge in [0, 0.05) is 28.7 Å².